The predicted octanol–water partition coefficient (Wildman–Crippen LogP) is 1.55. The molecule has 1 aromatic rings. The maximum Gasteiger partial charge on any atom is 0.338 e. The van der Waals surface area contributed by atoms with Crippen LogP contribution in [0.4, 0.5) is 5.69 Å². The van der Waals surface area contributed by atoms with Crippen LogP contribution in [0.25, 0.3) is 0 Å². The molecule has 8 heteroatoms. The fraction of sp³-hybridized carbons (Fsp3) is 0.526. The summed E-state index contributed by atoms with van der Waals surface area (Å²) in [7, 11) is 4.57. The summed E-state index contributed by atoms with van der Waals surface area (Å²) in [4.78, 5) is 36.7. The first kappa shape index (κ1) is 22.4. The zero-order chi connectivity index (χ0) is 20.6. The van der Waals surface area contributed by atoms with Gasteiger partial charge in [-0.2, -0.15) is 0 Å². The highest BCUT2D eigenvalue weighted by molar-refractivity contribution is 6.04. The van der Waals surface area contributed by atoms with Crippen molar-refractivity contribution in [1.82, 2.24) is 5.32 Å². The Labute approximate surface area is 159 Å². The third-order valence-corrected chi connectivity index (χ3v) is 3.95. The first-order valence-corrected chi connectivity index (χ1v) is 8.60. The number of carbonyl (C=O) groups excluding carboxylic acids is 3. The Morgan fingerprint density at radius 3 is 2.44 bits per heavy atom. The van der Waals surface area contributed by atoms with Gasteiger partial charge in [0.15, 0.2) is 5.60 Å². The average Bonchev–Trinajstić information content (AvgIpc) is 2.63. The molecule has 1 aromatic carbocycles. The summed E-state index contributed by atoms with van der Waals surface area (Å²) in [5.74, 6) is -0.157. The minimum absolute atomic E-state index is 0.234. The van der Waals surface area contributed by atoms with Crippen LogP contribution in [-0.4, -0.2) is 58.3 Å². The van der Waals surface area contributed by atoms with Gasteiger partial charge in [0.05, 0.1) is 18.4 Å². The smallest absolute Gasteiger partial charge is 0.338 e. The van der Waals surface area contributed by atoms with Gasteiger partial charge in [-0.3, -0.25) is 9.59 Å². The third kappa shape index (κ3) is 5.19. The van der Waals surface area contributed by atoms with Gasteiger partial charge in [-0.1, -0.05) is 6.92 Å². The number of hydrogen-bond donors (Lipinski definition) is 1. The molecule has 0 fully saturated rings. The van der Waals surface area contributed by atoms with Gasteiger partial charge in [-0.05, 0) is 38.0 Å². The lowest BCUT2D eigenvalue weighted by Gasteiger charge is -2.39. The first-order chi connectivity index (χ1) is 12.8. The average molecular weight is 380 g/mol. The fourth-order valence-corrected chi connectivity index (χ4v) is 2.71. The lowest BCUT2D eigenvalue weighted by atomic mass is 9.98. The van der Waals surface area contributed by atoms with E-state index in [1.165, 1.54) is 12.0 Å². The first-order valence-electron chi connectivity index (χ1n) is 8.60. The molecule has 0 unspecified atom stereocenters. The Balaban J connectivity index is 0.00000114. The van der Waals surface area contributed by atoms with Crippen LogP contribution in [0.15, 0.2) is 12.1 Å². The van der Waals surface area contributed by atoms with Crippen molar-refractivity contribution in [3.8, 4) is 5.75 Å². The van der Waals surface area contributed by atoms with Gasteiger partial charge in [0.1, 0.15) is 5.75 Å². The molecule has 1 heterocycles. The molecule has 2 amide bonds. The molecule has 1 aliphatic heterocycles. The number of benzene rings is 1. The lowest BCUT2D eigenvalue weighted by Crippen LogP contribution is -2.54. The van der Waals surface area contributed by atoms with E-state index in [9.17, 15) is 14.4 Å². The second-order valence-corrected chi connectivity index (χ2v) is 6.37. The van der Waals surface area contributed by atoms with E-state index >= 15 is 0 Å². The van der Waals surface area contributed by atoms with Crippen LogP contribution in [0.2, 0.25) is 0 Å². The molecule has 0 aliphatic carbocycles. The van der Waals surface area contributed by atoms with Gasteiger partial charge >= 0.3 is 5.97 Å². The van der Waals surface area contributed by atoms with Crippen molar-refractivity contribution in [3.05, 3.63) is 23.3 Å². The van der Waals surface area contributed by atoms with Gasteiger partial charge < -0.3 is 24.4 Å². The van der Waals surface area contributed by atoms with Crippen LogP contribution >= 0.6 is 0 Å². The van der Waals surface area contributed by atoms with Crippen LogP contribution in [-0.2, 0) is 25.5 Å². The summed E-state index contributed by atoms with van der Waals surface area (Å²) in [5.41, 5.74) is 0.677. The molecular formula is C19H28N2O6. The Morgan fingerprint density at radius 1 is 1.30 bits per heavy atom. The van der Waals surface area contributed by atoms with E-state index in [2.05, 4.69) is 10.1 Å². The summed E-state index contributed by atoms with van der Waals surface area (Å²) in [6, 6.07) is 3.39. The normalized spacial score (nSPS) is 14.3. The highest BCUT2D eigenvalue weighted by Crippen LogP contribution is 2.40. The SMILES string of the molecule is CCc1cc2c(cc1C(=O)OC)N(CCNC=O)C(=O)C(C)(C)O2.COC. The second kappa shape index (κ2) is 9.91. The molecule has 0 bridgehead atoms. The molecule has 0 saturated carbocycles. The van der Waals surface area contributed by atoms with E-state index in [4.69, 9.17) is 9.47 Å². The minimum Gasteiger partial charge on any atom is -0.476 e. The molecule has 150 valence electrons. The Hall–Kier alpha value is -2.61. The van der Waals surface area contributed by atoms with Crippen molar-refractivity contribution < 1.29 is 28.6 Å². The van der Waals surface area contributed by atoms with Crippen LogP contribution in [0, 0.1) is 0 Å². The zero-order valence-electron chi connectivity index (χ0n) is 16.8. The fourth-order valence-electron chi connectivity index (χ4n) is 2.71. The highest BCUT2D eigenvalue weighted by Gasteiger charge is 2.41. The van der Waals surface area contributed by atoms with E-state index in [0.717, 1.165) is 5.56 Å². The number of esters is 1. The second-order valence-electron chi connectivity index (χ2n) is 6.37. The van der Waals surface area contributed by atoms with Crippen molar-refractivity contribution >= 4 is 24.0 Å². The summed E-state index contributed by atoms with van der Waals surface area (Å²) in [6.07, 6.45) is 1.21. The van der Waals surface area contributed by atoms with Crippen molar-refractivity contribution in [1.29, 1.82) is 0 Å². The van der Waals surface area contributed by atoms with E-state index < -0.39 is 11.6 Å². The summed E-state index contributed by atoms with van der Waals surface area (Å²) < 4.78 is 14.9. The Morgan fingerprint density at radius 2 is 1.93 bits per heavy atom. The number of anilines is 1. The number of aryl methyl sites for hydroxylation is 1. The standard InChI is InChI=1S/C17H22N2O5.C2H6O/c1-5-11-8-14-13(9-12(11)15(21)23-4)19(7-6-18-10-20)16(22)17(2,3)24-14;1-3-2/h8-10H,5-7H2,1-4H3,(H,18,20);1-2H3. The van der Waals surface area contributed by atoms with Gasteiger partial charge in [0, 0.05) is 27.3 Å². The molecule has 0 aromatic heterocycles. The number of fused-ring (bicyclic) bond motifs is 1. The van der Waals surface area contributed by atoms with Crippen molar-refractivity contribution in [2.24, 2.45) is 0 Å². The van der Waals surface area contributed by atoms with Crippen LogP contribution in [0.5, 0.6) is 5.75 Å². The highest BCUT2D eigenvalue weighted by atomic mass is 16.5. The molecule has 8 nitrogen and oxygen atoms in total. The van der Waals surface area contributed by atoms with Gasteiger partial charge in [-0.15, -0.1) is 0 Å². The molecule has 2 rings (SSSR count). The minimum atomic E-state index is -1.02. The van der Waals surface area contributed by atoms with E-state index in [0.29, 0.717) is 36.4 Å². The number of nitrogens with zero attached hydrogens (tertiary/aromatic N) is 1. The van der Waals surface area contributed by atoms with Crippen molar-refractivity contribution in [2.45, 2.75) is 32.8 Å². The van der Waals surface area contributed by atoms with Gasteiger partial charge in [-0.25, -0.2) is 4.79 Å². The van der Waals surface area contributed by atoms with Gasteiger partial charge in [0.2, 0.25) is 6.41 Å². The molecule has 0 radical (unpaired) electrons. The van der Waals surface area contributed by atoms with Crippen LogP contribution < -0.4 is 15.0 Å². The van der Waals surface area contributed by atoms with Crippen LogP contribution in [0.3, 0.4) is 0 Å². The number of carbonyl (C=O) groups is 3. The summed E-state index contributed by atoms with van der Waals surface area (Å²) >= 11 is 0. The monoisotopic (exact) mass is 380 g/mol. The molecule has 1 N–H and O–H groups in total. The number of rotatable bonds is 6. The number of nitrogens with one attached hydrogen (secondary N) is 1. The largest absolute Gasteiger partial charge is 0.476 e. The van der Waals surface area contributed by atoms with Crippen molar-refractivity contribution in [2.75, 3.05) is 39.3 Å². The third-order valence-electron chi connectivity index (χ3n) is 3.95. The molecule has 27 heavy (non-hydrogen) atoms. The summed E-state index contributed by atoms with van der Waals surface area (Å²) in [6.45, 7) is 5.90. The number of ether oxygens (including phenoxy) is 3. The van der Waals surface area contributed by atoms with E-state index in [1.807, 2.05) is 6.92 Å². The van der Waals surface area contributed by atoms with Crippen LogP contribution in [0.1, 0.15) is 36.7 Å². The number of amides is 2. The van der Waals surface area contributed by atoms with E-state index in [1.54, 1.807) is 40.2 Å². The zero-order valence-corrected chi connectivity index (χ0v) is 16.8. The molecule has 0 saturated heterocycles. The Bertz CT molecular complexity index is 687. The van der Waals surface area contributed by atoms with E-state index in [-0.39, 0.29) is 12.5 Å². The maximum atomic E-state index is 12.7. The number of methoxy groups -OCH3 is 2. The molecule has 1 aliphatic rings. The van der Waals surface area contributed by atoms with Crippen molar-refractivity contribution in [3.63, 3.8) is 0 Å². The lowest BCUT2D eigenvalue weighted by molar-refractivity contribution is -0.132. The molecule has 0 spiro atoms. The quantitative estimate of drug-likeness (QED) is 0.457. The maximum absolute atomic E-state index is 12.7. The number of hydrogen-bond acceptors (Lipinski definition) is 6. The topological polar surface area (TPSA) is 94.2 Å². The van der Waals surface area contributed by atoms with Gasteiger partial charge in [0.25, 0.3) is 5.91 Å². The predicted molar refractivity (Wildman–Crippen MR) is 101 cm³/mol. The molecular weight excluding hydrogens is 352 g/mol. The Kier molecular flexibility index (Phi) is 8.24. The summed E-state index contributed by atoms with van der Waals surface area (Å²) in [5, 5.41) is 2.54. The molecule has 0 atom stereocenters.